The van der Waals surface area contributed by atoms with E-state index in [0.717, 1.165) is 0 Å². The summed E-state index contributed by atoms with van der Waals surface area (Å²) in [5.74, 6) is -0.803. The molecule has 136 valence electrons. The van der Waals surface area contributed by atoms with E-state index in [1.165, 1.54) is 10.7 Å². The van der Waals surface area contributed by atoms with Crippen LogP contribution in [0.25, 0.3) is 11.0 Å². The number of para-hydroxylation sites is 1. The molecule has 0 atom stereocenters. The largest absolute Gasteiger partial charge is 0.482 e. The average Bonchev–Trinajstić information content (AvgIpc) is 3.08. The highest BCUT2D eigenvalue weighted by molar-refractivity contribution is 6.01. The number of ketones is 1. The molecule has 0 aliphatic carbocycles. The molecule has 3 aromatic rings. The van der Waals surface area contributed by atoms with Crippen molar-refractivity contribution in [2.45, 2.75) is 6.54 Å². The summed E-state index contributed by atoms with van der Waals surface area (Å²) in [4.78, 5) is 35.7. The highest BCUT2D eigenvalue weighted by Crippen LogP contribution is 2.28. The minimum absolute atomic E-state index is 0.0606. The molecule has 1 aliphatic rings. The minimum Gasteiger partial charge on any atom is -0.482 e. The maximum atomic E-state index is 12.3. The van der Waals surface area contributed by atoms with Crippen LogP contribution in [0.15, 0.2) is 42.5 Å². The quantitative estimate of drug-likeness (QED) is 0.533. The number of hydrogen-bond donors (Lipinski definition) is 1. The number of anilines is 1. The fourth-order valence-corrected chi connectivity index (χ4v) is 2.69. The Hall–Kier alpha value is -3.75. The zero-order valence-electron chi connectivity index (χ0n) is 14.0. The van der Waals surface area contributed by atoms with Gasteiger partial charge in [-0.2, -0.15) is 0 Å². The monoisotopic (exact) mass is 366 g/mol. The molecule has 0 bridgehead atoms. The van der Waals surface area contributed by atoms with Crippen molar-refractivity contribution in [1.29, 1.82) is 0 Å². The molecule has 1 N–H and O–H groups in total. The molecule has 9 nitrogen and oxygen atoms in total. The minimum atomic E-state index is -0.603. The predicted octanol–water partition coefficient (Wildman–Crippen LogP) is 1.19. The van der Waals surface area contributed by atoms with Crippen molar-refractivity contribution in [3.05, 3.63) is 48.0 Å². The van der Waals surface area contributed by atoms with Crippen LogP contribution >= 0.6 is 0 Å². The number of carbonyl (C=O) groups is 3. The average molecular weight is 366 g/mol. The zero-order valence-corrected chi connectivity index (χ0v) is 14.0. The normalized spacial score (nSPS) is 12.8. The standard InChI is InChI=1S/C18H14N4O5/c23-15(11-5-6-16-13(7-11)19-17(24)10-26-16)9-27-18(25)8-22-14-4-2-1-3-12(14)20-21-22/h1-7H,8-10H2,(H,19,24). The lowest BCUT2D eigenvalue weighted by Gasteiger charge is -2.18. The van der Waals surface area contributed by atoms with Gasteiger partial charge in [-0.3, -0.25) is 14.4 Å². The van der Waals surface area contributed by atoms with Crippen LogP contribution in [0.1, 0.15) is 10.4 Å². The molecule has 0 saturated carbocycles. The van der Waals surface area contributed by atoms with E-state index in [9.17, 15) is 14.4 Å². The van der Waals surface area contributed by atoms with E-state index in [1.807, 2.05) is 12.1 Å². The molecule has 0 radical (unpaired) electrons. The molecule has 0 fully saturated rings. The first-order valence-corrected chi connectivity index (χ1v) is 8.14. The molecule has 0 unspecified atom stereocenters. The van der Waals surface area contributed by atoms with Crippen LogP contribution in [-0.4, -0.2) is 45.9 Å². The van der Waals surface area contributed by atoms with Gasteiger partial charge in [0.15, 0.2) is 19.0 Å². The number of carbonyl (C=O) groups excluding carboxylic acids is 3. The summed E-state index contributed by atoms with van der Waals surface area (Å²) in [7, 11) is 0. The van der Waals surface area contributed by atoms with E-state index in [0.29, 0.717) is 28.0 Å². The van der Waals surface area contributed by atoms with E-state index in [1.54, 1.807) is 24.3 Å². The van der Waals surface area contributed by atoms with Crippen LogP contribution in [0.5, 0.6) is 5.75 Å². The number of benzene rings is 2. The fraction of sp³-hybridized carbons (Fsp3) is 0.167. The lowest BCUT2D eigenvalue weighted by molar-refractivity contribution is -0.143. The highest BCUT2D eigenvalue weighted by atomic mass is 16.5. The van der Waals surface area contributed by atoms with Crippen LogP contribution < -0.4 is 10.1 Å². The van der Waals surface area contributed by atoms with Gasteiger partial charge in [-0.1, -0.05) is 17.3 Å². The van der Waals surface area contributed by atoms with Crippen LogP contribution in [0, 0.1) is 0 Å². The van der Waals surface area contributed by atoms with Crippen molar-refractivity contribution in [1.82, 2.24) is 15.0 Å². The predicted molar refractivity (Wildman–Crippen MR) is 93.4 cm³/mol. The van der Waals surface area contributed by atoms with Crippen molar-refractivity contribution >= 4 is 34.4 Å². The van der Waals surface area contributed by atoms with Gasteiger partial charge in [0, 0.05) is 5.56 Å². The number of nitrogens with zero attached hydrogens (tertiary/aromatic N) is 3. The number of esters is 1. The third kappa shape index (κ3) is 3.47. The third-order valence-corrected chi connectivity index (χ3v) is 4.00. The van der Waals surface area contributed by atoms with Crippen molar-refractivity contribution in [3.63, 3.8) is 0 Å². The molecule has 2 heterocycles. The fourth-order valence-electron chi connectivity index (χ4n) is 2.69. The maximum Gasteiger partial charge on any atom is 0.328 e. The molecule has 1 aliphatic heterocycles. The Kier molecular flexibility index (Phi) is 4.25. The summed E-state index contributed by atoms with van der Waals surface area (Å²) in [6, 6.07) is 11.8. The Balaban J connectivity index is 1.38. The summed E-state index contributed by atoms with van der Waals surface area (Å²) in [5, 5.41) is 10.5. The topological polar surface area (TPSA) is 112 Å². The van der Waals surface area contributed by atoms with Crippen LogP contribution in [0.3, 0.4) is 0 Å². The Bertz CT molecular complexity index is 1060. The van der Waals surface area contributed by atoms with Crippen molar-refractivity contribution < 1.29 is 23.9 Å². The van der Waals surface area contributed by atoms with E-state index in [4.69, 9.17) is 9.47 Å². The van der Waals surface area contributed by atoms with Gasteiger partial charge in [-0.25, -0.2) is 4.68 Å². The van der Waals surface area contributed by atoms with Crippen LogP contribution in [-0.2, 0) is 20.9 Å². The zero-order chi connectivity index (χ0) is 18.8. The smallest absolute Gasteiger partial charge is 0.328 e. The second-order valence-electron chi connectivity index (χ2n) is 5.87. The van der Waals surface area contributed by atoms with E-state index < -0.39 is 18.4 Å². The first kappa shape index (κ1) is 16.7. The lowest BCUT2D eigenvalue weighted by atomic mass is 10.1. The molecule has 0 saturated heterocycles. The van der Waals surface area contributed by atoms with Gasteiger partial charge in [0.1, 0.15) is 17.8 Å². The second kappa shape index (κ2) is 6.87. The van der Waals surface area contributed by atoms with Gasteiger partial charge in [0.2, 0.25) is 0 Å². The summed E-state index contributed by atoms with van der Waals surface area (Å²) >= 11 is 0. The molecular formula is C18H14N4O5. The third-order valence-electron chi connectivity index (χ3n) is 4.00. The molecule has 0 spiro atoms. The highest BCUT2D eigenvalue weighted by Gasteiger charge is 2.19. The van der Waals surface area contributed by atoms with E-state index >= 15 is 0 Å². The van der Waals surface area contributed by atoms with Gasteiger partial charge in [-0.05, 0) is 30.3 Å². The number of ether oxygens (including phenoxy) is 2. The molecule has 27 heavy (non-hydrogen) atoms. The summed E-state index contributed by atoms with van der Waals surface area (Å²) in [6.07, 6.45) is 0. The number of aromatic nitrogens is 3. The van der Waals surface area contributed by atoms with E-state index in [-0.39, 0.29) is 19.1 Å². The van der Waals surface area contributed by atoms with Crippen molar-refractivity contribution in [3.8, 4) is 5.75 Å². The number of rotatable bonds is 5. The first-order valence-electron chi connectivity index (χ1n) is 8.14. The van der Waals surface area contributed by atoms with Crippen molar-refractivity contribution in [2.24, 2.45) is 0 Å². The Labute approximate surface area is 152 Å². The summed E-state index contributed by atoms with van der Waals surface area (Å²) in [5.41, 5.74) is 2.09. The number of fused-ring (bicyclic) bond motifs is 2. The van der Waals surface area contributed by atoms with Gasteiger partial charge in [-0.15, -0.1) is 5.10 Å². The molecule has 1 aromatic heterocycles. The van der Waals surface area contributed by atoms with Crippen LogP contribution in [0.4, 0.5) is 5.69 Å². The van der Waals surface area contributed by atoms with Crippen LogP contribution in [0.2, 0.25) is 0 Å². The van der Waals surface area contributed by atoms with Gasteiger partial charge >= 0.3 is 5.97 Å². The molecule has 4 rings (SSSR count). The number of Topliss-reactive ketones (excluding diaryl/α,β-unsaturated/α-hetero) is 1. The van der Waals surface area contributed by atoms with Crippen molar-refractivity contribution in [2.75, 3.05) is 18.5 Å². The summed E-state index contributed by atoms with van der Waals surface area (Å²) in [6.45, 7) is -0.629. The Morgan fingerprint density at radius 3 is 2.96 bits per heavy atom. The SMILES string of the molecule is O=C1COc2ccc(C(=O)COC(=O)Cn3nnc4ccccc43)cc2N1. The second-order valence-corrected chi connectivity index (χ2v) is 5.87. The number of nitrogens with one attached hydrogen (secondary N) is 1. The molecule has 2 aromatic carbocycles. The molecule has 1 amide bonds. The summed E-state index contributed by atoms with van der Waals surface area (Å²) < 4.78 is 11.7. The van der Waals surface area contributed by atoms with Gasteiger partial charge in [0.05, 0.1) is 11.2 Å². The molecular weight excluding hydrogens is 352 g/mol. The van der Waals surface area contributed by atoms with E-state index in [2.05, 4.69) is 15.6 Å². The Morgan fingerprint density at radius 1 is 1.22 bits per heavy atom. The lowest BCUT2D eigenvalue weighted by Crippen LogP contribution is -2.25. The maximum absolute atomic E-state index is 12.3. The molecule has 9 heteroatoms. The first-order chi connectivity index (χ1) is 13.1. The number of amides is 1. The van der Waals surface area contributed by atoms with Gasteiger partial charge in [0.25, 0.3) is 5.91 Å². The Morgan fingerprint density at radius 2 is 2.07 bits per heavy atom. The number of hydrogen-bond acceptors (Lipinski definition) is 7. The van der Waals surface area contributed by atoms with Gasteiger partial charge < -0.3 is 14.8 Å².